The zero-order valence-electron chi connectivity index (χ0n) is 12.8. The maximum absolute atomic E-state index is 5.60. The molecule has 2 aliphatic rings. The first-order chi connectivity index (χ1) is 9.35. The largest absolute Gasteiger partial charge is 0.380 e. The molecule has 112 valence electrons. The molecule has 0 aromatic rings. The average molecular weight is 268 g/mol. The summed E-state index contributed by atoms with van der Waals surface area (Å²) in [4.78, 5) is 2.66. The minimum Gasteiger partial charge on any atom is -0.380 e. The van der Waals surface area contributed by atoms with Crippen molar-refractivity contribution in [1.29, 1.82) is 0 Å². The lowest BCUT2D eigenvalue weighted by molar-refractivity contribution is 0.111. The van der Waals surface area contributed by atoms with Gasteiger partial charge in [0.2, 0.25) is 0 Å². The van der Waals surface area contributed by atoms with Crippen LogP contribution in [0.15, 0.2) is 0 Å². The van der Waals surface area contributed by atoms with E-state index in [0.717, 1.165) is 26.3 Å². The van der Waals surface area contributed by atoms with Crippen molar-refractivity contribution in [2.75, 3.05) is 45.9 Å². The van der Waals surface area contributed by atoms with Crippen LogP contribution >= 0.6 is 0 Å². The van der Waals surface area contributed by atoms with Crippen LogP contribution < -0.4 is 5.32 Å². The second-order valence-corrected chi connectivity index (χ2v) is 6.44. The highest BCUT2D eigenvalue weighted by Gasteiger charge is 2.32. The van der Waals surface area contributed by atoms with E-state index in [-0.39, 0.29) is 0 Å². The first-order valence-corrected chi connectivity index (χ1v) is 8.35. The lowest BCUT2D eigenvalue weighted by Gasteiger charge is -2.38. The Bertz CT molecular complexity index is 229. The number of rotatable bonds is 5. The molecule has 2 fully saturated rings. The third kappa shape index (κ3) is 5.05. The molecule has 19 heavy (non-hydrogen) atoms. The summed E-state index contributed by atoms with van der Waals surface area (Å²) >= 11 is 0. The number of hydrogen-bond acceptors (Lipinski definition) is 3. The van der Waals surface area contributed by atoms with Gasteiger partial charge in [-0.2, -0.15) is 0 Å². The first-order valence-electron chi connectivity index (χ1n) is 8.35. The van der Waals surface area contributed by atoms with E-state index in [1.54, 1.807) is 0 Å². The lowest BCUT2D eigenvalue weighted by Crippen LogP contribution is -2.44. The zero-order chi connectivity index (χ0) is 13.4. The Hall–Kier alpha value is -0.120. The quantitative estimate of drug-likeness (QED) is 0.776. The molecule has 1 heterocycles. The second-order valence-electron chi connectivity index (χ2n) is 6.44. The van der Waals surface area contributed by atoms with Crippen LogP contribution in [-0.2, 0) is 4.74 Å². The molecule has 0 atom stereocenters. The Balaban J connectivity index is 1.94. The van der Waals surface area contributed by atoms with Crippen molar-refractivity contribution in [1.82, 2.24) is 10.2 Å². The fourth-order valence-corrected chi connectivity index (χ4v) is 3.69. The van der Waals surface area contributed by atoms with Gasteiger partial charge in [-0.1, -0.05) is 32.6 Å². The van der Waals surface area contributed by atoms with Crippen LogP contribution in [0.5, 0.6) is 0 Å². The van der Waals surface area contributed by atoms with Gasteiger partial charge in [-0.25, -0.2) is 0 Å². The molecule has 1 saturated heterocycles. The van der Waals surface area contributed by atoms with Crippen molar-refractivity contribution in [2.45, 2.75) is 51.9 Å². The third-order valence-electron chi connectivity index (χ3n) is 4.79. The van der Waals surface area contributed by atoms with Crippen LogP contribution in [0.3, 0.4) is 0 Å². The summed E-state index contributed by atoms with van der Waals surface area (Å²) in [6.45, 7) is 10.1. The summed E-state index contributed by atoms with van der Waals surface area (Å²) in [6, 6.07) is 0. The Kier molecular flexibility index (Phi) is 6.62. The van der Waals surface area contributed by atoms with Crippen LogP contribution in [0.4, 0.5) is 0 Å². The minimum atomic E-state index is 0.525. The molecule has 3 nitrogen and oxygen atoms in total. The number of nitrogens with zero attached hydrogens (tertiary/aromatic N) is 1. The molecular weight excluding hydrogens is 236 g/mol. The fraction of sp³-hybridized carbons (Fsp3) is 1.00. The predicted octanol–water partition coefficient (Wildman–Crippen LogP) is 2.66. The molecule has 0 aromatic heterocycles. The summed E-state index contributed by atoms with van der Waals surface area (Å²) in [5.74, 6) is 0. The van der Waals surface area contributed by atoms with E-state index in [0.29, 0.717) is 5.41 Å². The van der Waals surface area contributed by atoms with Gasteiger partial charge in [-0.15, -0.1) is 0 Å². The standard InChI is InChI=1S/C16H32N2O/c1-2-17-14-16(8-5-3-4-6-9-16)15-18-10-7-12-19-13-11-18/h17H,2-15H2,1H3. The SMILES string of the molecule is CCNCC1(CN2CCCOCC2)CCCCCC1. The Labute approximate surface area is 119 Å². The molecular formula is C16H32N2O. The molecule has 1 aliphatic heterocycles. The molecule has 0 unspecified atom stereocenters. The van der Waals surface area contributed by atoms with Crippen LogP contribution in [0.25, 0.3) is 0 Å². The van der Waals surface area contributed by atoms with Crippen LogP contribution in [-0.4, -0.2) is 50.8 Å². The van der Waals surface area contributed by atoms with Gasteiger partial charge in [0.05, 0.1) is 6.61 Å². The van der Waals surface area contributed by atoms with Crippen molar-refractivity contribution in [3.63, 3.8) is 0 Å². The summed E-state index contributed by atoms with van der Waals surface area (Å²) in [5, 5.41) is 3.63. The van der Waals surface area contributed by atoms with Crippen molar-refractivity contribution >= 4 is 0 Å². The molecule has 0 spiro atoms. The smallest absolute Gasteiger partial charge is 0.0593 e. The number of nitrogens with one attached hydrogen (secondary N) is 1. The highest BCUT2D eigenvalue weighted by atomic mass is 16.5. The third-order valence-corrected chi connectivity index (χ3v) is 4.79. The van der Waals surface area contributed by atoms with Crippen molar-refractivity contribution in [2.24, 2.45) is 5.41 Å². The van der Waals surface area contributed by atoms with Gasteiger partial charge in [-0.3, -0.25) is 0 Å². The van der Waals surface area contributed by atoms with E-state index in [1.165, 1.54) is 64.6 Å². The molecule has 1 saturated carbocycles. The Morgan fingerprint density at radius 2 is 1.79 bits per heavy atom. The van der Waals surface area contributed by atoms with Gasteiger partial charge in [0.1, 0.15) is 0 Å². The highest BCUT2D eigenvalue weighted by Crippen LogP contribution is 2.35. The number of ether oxygens (including phenoxy) is 1. The van der Waals surface area contributed by atoms with Gasteiger partial charge in [0.15, 0.2) is 0 Å². The Morgan fingerprint density at radius 3 is 2.53 bits per heavy atom. The van der Waals surface area contributed by atoms with Gasteiger partial charge in [-0.05, 0) is 31.2 Å². The van der Waals surface area contributed by atoms with Gasteiger partial charge in [0.25, 0.3) is 0 Å². The molecule has 0 radical (unpaired) electrons. The maximum atomic E-state index is 5.60. The fourth-order valence-electron chi connectivity index (χ4n) is 3.69. The number of hydrogen-bond donors (Lipinski definition) is 1. The van der Waals surface area contributed by atoms with Crippen molar-refractivity contribution in [3.05, 3.63) is 0 Å². The maximum Gasteiger partial charge on any atom is 0.0593 e. The zero-order valence-corrected chi connectivity index (χ0v) is 12.8. The van der Waals surface area contributed by atoms with E-state index in [9.17, 15) is 0 Å². The first kappa shape index (κ1) is 15.3. The van der Waals surface area contributed by atoms with Gasteiger partial charge in [0, 0.05) is 32.8 Å². The molecule has 0 amide bonds. The highest BCUT2D eigenvalue weighted by molar-refractivity contribution is 4.87. The van der Waals surface area contributed by atoms with Crippen molar-refractivity contribution < 1.29 is 4.74 Å². The van der Waals surface area contributed by atoms with E-state index in [2.05, 4.69) is 17.1 Å². The Morgan fingerprint density at radius 1 is 1.00 bits per heavy atom. The average Bonchev–Trinajstić information content (AvgIpc) is 2.80. The van der Waals surface area contributed by atoms with Crippen molar-refractivity contribution in [3.8, 4) is 0 Å². The van der Waals surface area contributed by atoms with Gasteiger partial charge < -0.3 is 15.0 Å². The van der Waals surface area contributed by atoms with Crippen LogP contribution in [0.2, 0.25) is 0 Å². The normalized spacial score (nSPS) is 25.7. The van der Waals surface area contributed by atoms with E-state index in [1.807, 2.05) is 0 Å². The van der Waals surface area contributed by atoms with Gasteiger partial charge >= 0.3 is 0 Å². The molecule has 0 aromatic carbocycles. The molecule has 3 heteroatoms. The summed E-state index contributed by atoms with van der Waals surface area (Å²) in [5.41, 5.74) is 0.525. The van der Waals surface area contributed by atoms with Crippen LogP contribution in [0, 0.1) is 5.41 Å². The summed E-state index contributed by atoms with van der Waals surface area (Å²) < 4.78 is 5.60. The topological polar surface area (TPSA) is 24.5 Å². The van der Waals surface area contributed by atoms with Crippen LogP contribution in [0.1, 0.15) is 51.9 Å². The second kappa shape index (κ2) is 8.23. The van der Waals surface area contributed by atoms with E-state index < -0.39 is 0 Å². The van der Waals surface area contributed by atoms with E-state index in [4.69, 9.17) is 4.74 Å². The summed E-state index contributed by atoms with van der Waals surface area (Å²) in [6.07, 6.45) is 9.77. The minimum absolute atomic E-state index is 0.525. The lowest BCUT2D eigenvalue weighted by atomic mass is 9.79. The molecule has 0 bridgehead atoms. The predicted molar refractivity (Wildman–Crippen MR) is 80.6 cm³/mol. The molecule has 1 aliphatic carbocycles. The monoisotopic (exact) mass is 268 g/mol. The van der Waals surface area contributed by atoms with E-state index >= 15 is 0 Å². The molecule has 2 rings (SSSR count). The molecule has 1 N–H and O–H groups in total. The summed E-state index contributed by atoms with van der Waals surface area (Å²) in [7, 11) is 0.